The summed E-state index contributed by atoms with van der Waals surface area (Å²) in [6, 6.07) is 5.43. The van der Waals surface area contributed by atoms with Crippen LogP contribution in [-0.4, -0.2) is 23.3 Å². The van der Waals surface area contributed by atoms with E-state index in [2.05, 4.69) is 4.98 Å². The number of aryl methyl sites for hydroxylation is 1. The lowest BCUT2D eigenvalue weighted by Crippen LogP contribution is -2.03. The molecule has 2 rings (SSSR count). The van der Waals surface area contributed by atoms with Crippen molar-refractivity contribution in [2.24, 2.45) is 0 Å². The van der Waals surface area contributed by atoms with E-state index in [1.165, 1.54) is 0 Å². The summed E-state index contributed by atoms with van der Waals surface area (Å²) in [5.41, 5.74) is 6.38. The Balaban J connectivity index is 1.78. The Bertz CT molecular complexity index is 483. The summed E-state index contributed by atoms with van der Waals surface area (Å²) in [7, 11) is 1.59. The number of nitrogens with two attached hydrogens (primary N) is 1. The summed E-state index contributed by atoms with van der Waals surface area (Å²) >= 11 is 0. The second-order valence-electron chi connectivity index (χ2n) is 3.91. The molecule has 1 aromatic heterocycles. The molecule has 5 nitrogen and oxygen atoms in total. The molecule has 18 heavy (non-hydrogen) atoms. The summed E-state index contributed by atoms with van der Waals surface area (Å²) in [5.74, 6) is 1.43. The van der Waals surface area contributed by atoms with Gasteiger partial charge in [-0.1, -0.05) is 0 Å². The maximum absolute atomic E-state index is 5.80. The van der Waals surface area contributed by atoms with E-state index in [-0.39, 0.29) is 0 Å². The van der Waals surface area contributed by atoms with Crippen molar-refractivity contribution >= 4 is 5.69 Å². The van der Waals surface area contributed by atoms with Crippen molar-refractivity contribution in [2.45, 2.75) is 13.0 Å². The quantitative estimate of drug-likeness (QED) is 0.626. The summed E-state index contributed by atoms with van der Waals surface area (Å²) in [5, 5.41) is 0. The van der Waals surface area contributed by atoms with Crippen molar-refractivity contribution in [3.8, 4) is 11.5 Å². The molecule has 96 valence electrons. The van der Waals surface area contributed by atoms with E-state index in [1.54, 1.807) is 31.8 Å². The van der Waals surface area contributed by atoms with Gasteiger partial charge in [-0.15, -0.1) is 0 Å². The molecule has 0 unspecified atom stereocenters. The lowest BCUT2D eigenvalue weighted by molar-refractivity contribution is 0.301. The van der Waals surface area contributed by atoms with Crippen molar-refractivity contribution in [2.75, 3.05) is 19.5 Å². The van der Waals surface area contributed by atoms with E-state index in [1.807, 2.05) is 16.8 Å². The number of hydrogen-bond acceptors (Lipinski definition) is 4. The molecule has 1 heterocycles. The van der Waals surface area contributed by atoms with Crippen molar-refractivity contribution in [3.05, 3.63) is 36.9 Å². The van der Waals surface area contributed by atoms with Crippen molar-refractivity contribution in [1.82, 2.24) is 9.55 Å². The first-order chi connectivity index (χ1) is 8.79. The van der Waals surface area contributed by atoms with Gasteiger partial charge in [-0.2, -0.15) is 0 Å². The minimum absolute atomic E-state index is 0.588. The third-order valence-corrected chi connectivity index (χ3v) is 2.59. The molecule has 2 aromatic rings. The van der Waals surface area contributed by atoms with Gasteiger partial charge in [0.15, 0.2) is 0 Å². The Morgan fingerprint density at radius 1 is 1.39 bits per heavy atom. The molecule has 0 atom stereocenters. The molecule has 0 bridgehead atoms. The maximum Gasteiger partial charge on any atom is 0.142 e. The number of benzene rings is 1. The van der Waals surface area contributed by atoms with Gasteiger partial charge in [-0.25, -0.2) is 4.98 Å². The third-order valence-electron chi connectivity index (χ3n) is 2.59. The number of hydrogen-bond donors (Lipinski definition) is 1. The highest BCUT2D eigenvalue weighted by Gasteiger charge is 2.01. The molecule has 1 aromatic carbocycles. The summed E-state index contributed by atoms with van der Waals surface area (Å²) < 4.78 is 12.7. The van der Waals surface area contributed by atoms with Gasteiger partial charge in [0.25, 0.3) is 0 Å². The van der Waals surface area contributed by atoms with Crippen LogP contribution in [0.1, 0.15) is 6.42 Å². The van der Waals surface area contributed by atoms with E-state index in [9.17, 15) is 0 Å². The lowest BCUT2D eigenvalue weighted by Gasteiger charge is -2.09. The smallest absolute Gasteiger partial charge is 0.142 e. The van der Waals surface area contributed by atoms with Crippen molar-refractivity contribution < 1.29 is 9.47 Å². The molecule has 0 aliphatic rings. The van der Waals surface area contributed by atoms with Gasteiger partial charge in [0.1, 0.15) is 11.5 Å². The molecular formula is C13H17N3O2. The van der Waals surface area contributed by atoms with Crippen molar-refractivity contribution in [3.63, 3.8) is 0 Å². The lowest BCUT2D eigenvalue weighted by atomic mass is 10.3. The molecule has 2 N–H and O–H groups in total. The fourth-order valence-electron chi connectivity index (χ4n) is 1.66. The Morgan fingerprint density at radius 3 is 2.94 bits per heavy atom. The Labute approximate surface area is 106 Å². The first-order valence-electron chi connectivity index (χ1n) is 5.81. The van der Waals surface area contributed by atoms with E-state index in [4.69, 9.17) is 15.2 Å². The minimum atomic E-state index is 0.588. The molecule has 5 heteroatoms. The fraction of sp³-hybridized carbons (Fsp3) is 0.308. The SMILES string of the molecule is COc1ccc(OCCCn2ccnc2)cc1N. The van der Waals surface area contributed by atoms with E-state index in [0.29, 0.717) is 18.0 Å². The maximum atomic E-state index is 5.80. The van der Waals surface area contributed by atoms with Crippen LogP contribution < -0.4 is 15.2 Å². The van der Waals surface area contributed by atoms with Crippen LogP contribution in [0.5, 0.6) is 11.5 Å². The number of aromatic nitrogens is 2. The van der Waals surface area contributed by atoms with E-state index >= 15 is 0 Å². The molecule has 0 spiro atoms. The second kappa shape index (κ2) is 5.95. The largest absolute Gasteiger partial charge is 0.495 e. The van der Waals surface area contributed by atoms with Crippen LogP contribution >= 0.6 is 0 Å². The Hall–Kier alpha value is -2.17. The zero-order valence-electron chi connectivity index (χ0n) is 10.4. The number of methoxy groups -OCH3 is 1. The van der Waals surface area contributed by atoms with Gasteiger partial charge in [-0.05, 0) is 18.6 Å². The summed E-state index contributed by atoms with van der Waals surface area (Å²) in [6.45, 7) is 1.54. The third kappa shape index (κ3) is 3.16. The van der Waals surface area contributed by atoms with E-state index in [0.717, 1.165) is 18.7 Å². The normalized spacial score (nSPS) is 10.3. The average Bonchev–Trinajstić information content (AvgIpc) is 2.88. The zero-order chi connectivity index (χ0) is 12.8. The first kappa shape index (κ1) is 12.3. The van der Waals surface area contributed by atoms with Gasteiger partial charge in [-0.3, -0.25) is 0 Å². The van der Waals surface area contributed by atoms with Gasteiger partial charge in [0, 0.05) is 25.0 Å². The molecule has 0 aliphatic heterocycles. The Kier molecular flexibility index (Phi) is 4.06. The number of nitrogens with zero attached hydrogens (tertiary/aromatic N) is 2. The van der Waals surface area contributed by atoms with Crippen LogP contribution in [0.2, 0.25) is 0 Å². The highest BCUT2D eigenvalue weighted by atomic mass is 16.5. The molecule has 0 fully saturated rings. The minimum Gasteiger partial charge on any atom is -0.495 e. The van der Waals surface area contributed by atoms with Crippen LogP contribution in [-0.2, 0) is 6.54 Å². The standard InChI is InChI=1S/C13H17N3O2/c1-17-13-4-3-11(9-12(13)14)18-8-2-6-16-7-5-15-10-16/h3-5,7,9-10H,2,6,8,14H2,1H3. The molecular weight excluding hydrogens is 230 g/mol. The first-order valence-corrected chi connectivity index (χ1v) is 5.81. The van der Waals surface area contributed by atoms with Crippen molar-refractivity contribution in [1.29, 1.82) is 0 Å². The number of rotatable bonds is 6. The van der Waals surface area contributed by atoms with Gasteiger partial charge >= 0.3 is 0 Å². The molecule has 0 saturated heterocycles. The Morgan fingerprint density at radius 2 is 2.28 bits per heavy atom. The average molecular weight is 247 g/mol. The number of ether oxygens (including phenoxy) is 2. The van der Waals surface area contributed by atoms with Gasteiger partial charge < -0.3 is 19.8 Å². The predicted octanol–water partition coefficient (Wildman–Crippen LogP) is 1.94. The highest BCUT2D eigenvalue weighted by Crippen LogP contribution is 2.25. The molecule has 0 aliphatic carbocycles. The van der Waals surface area contributed by atoms with Crippen LogP contribution in [0.4, 0.5) is 5.69 Å². The second-order valence-corrected chi connectivity index (χ2v) is 3.91. The number of imidazole rings is 1. The van der Waals surface area contributed by atoms with Crippen LogP contribution in [0.15, 0.2) is 36.9 Å². The van der Waals surface area contributed by atoms with Gasteiger partial charge in [0.2, 0.25) is 0 Å². The zero-order valence-corrected chi connectivity index (χ0v) is 10.4. The summed E-state index contributed by atoms with van der Waals surface area (Å²) in [6.07, 6.45) is 6.42. The molecule has 0 amide bonds. The number of anilines is 1. The molecule has 0 radical (unpaired) electrons. The predicted molar refractivity (Wildman–Crippen MR) is 69.7 cm³/mol. The van der Waals surface area contributed by atoms with Crippen LogP contribution in [0, 0.1) is 0 Å². The van der Waals surface area contributed by atoms with Gasteiger partial charge in [0.05, 0.1) is 25.7 Å². The highest BCUT2D eigenvalue weighted by molar-refractivity contribution is 5.56. The van der Waals surface area contributed by atoms with Crippen LogP contribution in [0.25, 0.3) is 0 Å². The number of nitrogen functional groups attached to an aromatic ring is 1. The van der Waals surface area contributed by atoms with Crippen LogP contribution in [0.3, 0.4) is 0 Å². The van der Waals surface area contributed by atoms with E-state index < -0.39 is 0 Å². The fourth-order valence-corrected chi connectivity index (χ4v) is 1.66. The summed E-state index contributed by atoms with van der Waals surface area (Å²) in [4.78, 5) is 3.98. The monoisotopic (exact) mass is 247 g/mol. The molecule has 0 saturated carbocycles. The topological polar surface area (TPSA) is 62.3 Å².